The lowest BCUT2D eigenvalue weighted by atomic mass is 9.85. The molecule has 2 aromatic rings. The number of carbonyl (C=O) groups excluding carboxylic acids is 4. The fourth-order valence-corrected chi connectivity index (χ4v) is 4.09. The van der Waals surface area contributed by atoms with Gasteiger partial charge in [-0.15, -0.1) is 0 Å². The van der Waals surface area contributed by atoms with Crippen LogP contribution in [0.5, 0.6) is 0 Å². The van der Waals surface area contributed by atoms with Gasteiger partial charge < -0.3 is 20.5 Å². The largest absolute Gasteiger partial charge is 0.465 e. The van der Waals surface area contributed by atoms with E-state index in [1.807, 2.05) is 0 Å². The molecule has 3 amide bonds. The van der Waals surface area contributed by atoms with Crippen LogP contribution in [0.25, 0.3) is 0 Å². The molecule has 0 aromatic heterocycles. The summed E-state index contributed by atoms with van der Waals surface area (Å²) in [4.78, 5) is 49.7. The van der Waals surface area contributed by atoms with Gasteiger partial charge in [0.25, 0.3) is 5.91 Å². The number of aliphatic hydroxyl groups is 1. The zero-order chi connectivity index (χ0) is 24.8. The fourth-order valence-electron chi connectivity index (χ4n) is 3.91. The molecule has 2 heterocycles. The molecule has 4 rings (SSSR count). The number of esters is 1. The molecule has 0 saturated carbocycles. The van der Waals surface area contributed by atoms with E-state index in [1.54, 1.807) is 0 Å². The van der Waals surface area contributed by atoms with Crippen molar-refractivity contribution < 1.29 is 37.8 Å². The third kappa shape index (κ3) is 3.86. The average molecular weight is 494 g/mol. The van der Waals surface area contributed by atoms with Crippen LogP contribution in [0.1, 0.15) is 24.5 Å². The van der Waals surface area contributed by atoms with Crippen molar-refractivity contribution in [1.82, 2.24) is 0 Å². The molecule has 1 atom stereocenters. The topological polar surface area (TPSA) is 125 Å². The smallest absolute Gasteiger partial charge is 0.352 e. The minimum absolute atomic E-state index is 0.0182. The highest BCUT2D eigenvalue weighted by Gasteiger charge is 2.53. The Morgan fingerprint density at radius 2 is 1.94 bits per heavy atom. The van der Waals surface area contributed by atoms with Crippen molar-refractivity contribution in [2.75, 3.05) is 28.7 Å². The molecule has 0 saturated heterocycles. The molecule has 178 valence electrons. The minimum atomic E-state index is -3.95. The Labute approximate surface area is 196 Å². The van der Waals surface area contributed by atoms with Crippen molar-refractivity contribution in [2.24, 2.45) is 0 Å². The lowest BCUT2D eigenvalue weighted by Crippen LogP contribution is -2.46. The Bertz CT molecular complexity index is 1240. The number of amides is 3. The highest BCUT2D eigenvalue weighted by molar-refractivity contribution is 6.31. The van der Waals surface area contributed by atoms with Crippen LogP contribution in [0.2, 0.25) is 5.02 Å². The lowest BCUT2D eigenvalue weighted by molar-refractivity contribution is -0.146. The summed E-state index contributed by atoms with van der Waals surface area (Å²) in [6.45, 7) is 0.856. The summed E-state index contributed by atoms with van der Waals surface area (Å²) in [6.07, 6.45) is -0.626. The van der Waals surface area contributed by atoms with E-state index in [9.17, 15) is 33.1 Å². The molecule has 2 aliphatic heterocycles. The van der Waals surface area contributed by atoms with Crippen LogP contribution in [0.4, 0.5) is 25.8 Å². The summed E-state index contributed by atoms with van der Waals surface area (Å²) in [5, 5.41) is 16.1. The molecule has 0 bridgehead atoms. The molecule has 0 spiro atoms. The first-order chi connectivity index (χ1) is 16.0. The second kappa shape index (κ2) is 8.33. The summed E-state index contributed by atoms with van der Waals surface area (Å²) in [5.41, 5.74) is -3.20. The number of nitrogens with zero attached hydrogens (tertiary/aromatic N) is 1. The fraction of sp³-hybridized carbons (Fsp3) is 0.273. The summed E-state index contributed by atoms with van der Waals surface area (Å²) in [6, 6.07) is 7.46. The first-order valence-electron chi connectivity index (χ1n) is 10.1. The predicted molar refractivity (Wildman–Crippen MR) is 117 cm³/mol. The Balaban J connectivity index is 1.65. The van der Waals surface area contributed by atoms with Crippen LogP contribution in [0.3, 0.4) is 0 Å². The van der Waals surface area contributed by atoms with E-state index >= 15 is 0 Å². The number of alkyl halides is 2. The maximum Gasteiger partial charge on any atom is 0.352 e. The molecule has 2 aromatic carbocycles. The van der Waals surface area contributed by atoms with Crippen LogP contribution in [0.15, 0.2) is 36.4 Å². The van der Waals surface area contributed by atoms with Crippen LogP contribution in [-0.4, -0.2) is 41.9 Å². The van der Waals surface area contributed by atoms with Gasteiger partial charge in [-0.1, -0.05) is 11.6 Å². The molecule has 3 N–H and O–H groups in total. The Morgan fingerprint density at radius 1 is 1.21 bits per heavy atom. The van der Waals surface area contributed by atoms with Gasteiger partial charge in [-0.3, -0.25) is 24.1 Å². The monoisotopic (exact) mass is 493 g/mol. The van der Waals surface area contributed by atoms with E-state index in [2.05, 4.69) is 10.6 Å². The SMILES string of the molecule is CCOC(=O)CN1C(=O)C(F)(F)c2cc(NC(=O)C3(O)CC(=O)Nc4ccc(Cl)cc43)ccc21. The lowest BCUT2D eigenvalue weighted by Gasteiger charge is -2.33. The van der Waals surface area contributed by atoms with Crippen LogP contribution in [0, 0.1) is 0 Å². The quantitative estimate of drug-likeness (QED) is 0.550. The molecule has 2 aliphatic rings. The van der Waals surface area contributed by atoms with Crippen molar-refractivity contribution in [1.29, 1.82) is 0 Å². The number of halogens is 3. The summed E-state index contributed by atoms with van der Waals surface area (Å²) in [5.74, 6) is -8.10. The third-order valence-corrected chi connectivity index (χ3v) is 5.72. The Kier molecular flexibility index (Phi) is 5.78. The number of hydrogen-bond donors (Lipinski definition) is 3. The van der Waals surface area contributed by atoms with Crippen molar-refractivity contribution in [3.05, 3.63) is 52.5 Å². The molecule has 34 heavy (non-hydrogen) atoms. The van der Waals surface area contributed by atoms with Crippen molar-refractivity contribution in [2.45, 2.75) is 24.9 Å². The van der Waals surface area contributed by atoms with E-state index < -0.39 is 53.7 Å². The molecule has 12 heteroatoms. The highest BCUT2D eigenvalue weighted by Crippen LogP contribution is 2.45. The number of hydrogen-bond acceptors (Lipinski definition) is 6. The summed E-state index contributed by atoms with van der Waals surface area (Å²) >= 11 is 5.98. The van der Waals surface area contributed by atoms with Gasteiger partial charge in [0.2, 0.25) is 5.91 Å². The summed E-state index contributed by atoms with van der Waals surface area (Å²) < 4.78 is 34.1. The molecular formula is C22H18ClF2N3O6. The van der Waals surface area contributed by atoms with Crippen molar-refractivity contribution in [3.63, 3.8) is 0 Å². The van der Waals surface area contributed by atoms with Gasteiger partial charge >= 0.3 is 17.8 Å². The number of benzene rings is 2. The molecule has 0 radical (unpaired) electrons. The first kappa shape index (κ1) is 23.6. The van der Waals surface area contributed by atoms with Gasteiger partial charge in [0, 0.05) is 22.0 Å². The molecular weight excluding hydrogens is 476 g/mol. The van der Waals surface area contributed by atoms with Gasteiger partial charge in [0.05, 0.1) is 24.3 Å². The van der Waals surface area contributed by atoms with E-state index in [0.717, 1.165) is 12.1 Å². The van der Waals surface area contributed by atoms with Gasteiger partial charge in [-0.25, -0.2) is 0 Å². The summed E-state index contributed by atoms with van der Waals surface area (Å²) in [7, 11) is 0. The highest BCUT2D eigenvalue weighted by atomic mass is 35.5. The zero-order valence-electron chi connectivity index (χ0n) is 17.7. The van der Waals surface area contributed by atoms with E-state index in [1.165, 1.54) is 31.2 Å². The molecule has 0 aliphatic carbocycles. The average Bonchev–Trinajstić information content (AvgIpc) is 2.95. The maximum atomic E-state index is 14.7. The Morgan fingerprint density at radius 3 is 2.65 bits per heavy atom. The van der Waals surface area contributed by atoms with Crippen molar-refractivity contribution >= 4 is 52.4 Å². The zero-order valence-corrected chi connectivity index (χ0v) is 18.4. The van der Waals surface area contributed by atoms with Crippen molar-refractivity contribution in [3.8, 4) is 0 Å². The van der Waals surface area contributed by atoms with Crippen LogP contribution < -0.4 is 15.5 Å². The predicted octanol–water partition coefficient (Wildman–Crippen LogP) is 2.51. The van der Waals surface area contributed by atoms with Gasteiger partial charge in [0.1, 0.15) is 6.54 Å². The second-order valence-corrected chi connectivity index (χ2v) is 8.17. The molecule has 0 fully saturated rings. The third-order valence-electron chi connectivity index (χ3n) is 5.48. The second-order valence-electron chi connectivity index (χ2n) is 7.73. The van der Waals surface area contributed by atoms with Gasteiger partial charge in [-0.05, 0) is 43.3 Å². The maximum absolute atomic E-state index is 14.7. The first-order valence-corrected chi connectivity index (χ1v) is 10.5. The van der Waals surface area contributed by atoms with E-state index in [0.29, 0.717) is 4.90 Å². The number of ether oxygens (including phenoxy) is 1. The van der Waals surface area contributed by atoms with Gasteiger partial charge in [0.15, 0.2) is 5.60 Å². The number of anilines is 3. The molecule has 1 unspecified atom stereocenters. The number of carbonyl (C=O) groups is 4. The standard InChI is InChI=1S/C22H18ClF2N3O6/c1-2-34-18(30)10-28-16-6-4-12(8-14(16)22(24,25)20(28)32)26-19(31)21(33)9-17(29)27-15-5-3-11(23)7-13(15)21/h3-8,33H,2,9-10H2,1H3,(H,26,31)(H,27,29). The number of nitrogens with one attached hydrogen (secondary N) is 2. The molecule has 9 nitrogen and oxygen atoms in total. The minimum Gasteiger partial charge on any atom is -0.465 e. The number of rotatable bonds is 5. The van der Waals surface area contributed by atoms with Gasteiger partial charge in [-0.2, -0.15) is 8.78 Å². The van der Waals surface area contributed by atoms with E-state index in [4.69, 9.17) is 16.3 Å². The van der Waals surface area contributed by atoms with Crippen LogP contribution in [-0.2, 0) is 35.4 Å². The Hall–Kier alpha value is -3.57. The normalized spacial score (nSPS) is 20.3. The van der Waals surface area contributed by atoms with Crippen LogP contribution >= 0.6 is 11.6 Å². The van der Waals surface area contributed by atoms with E-state index in [-0.39, 0.29) is 34.3 Å². The number of fused-ring (bicyclic) bond motifs is 2.